The summed E-state index contributed by atoms with van der Waals surface area (Å²) in [6.07, 6.45) is -4.68. The molecule has 0 spiro atoms. The Morgan fingerprint density at radius 3 is 2.66 bits per heavy atom. The van der Waals surface area contributed by atoms with Crippen LogP contribution >= 0.6 is 11.6 Å². The van der Waals surface area contributed by atoms with Gasteiger partial charge < -0.3 is 10.1 Å². The summed E-state index contributed by atoms with van der Waals surface area (Å²) in [4.78, 5) is 14.9. The van der Waals surface area contributed by atoms with Gasteiger partial charge in [-0.3, -0.25) is 14.4 Å². The number of hydrogen-bond acceptors (Lipinski definition) is 4. The third kappa shape index (κ3) is 5.09. The van der Waals surface area contributed by atoms with Crippen molar-refractivity contribution >= 4 is 23.2 Å². The van der Waals surface area contributed by atoms with E-state index in [1.165, 1.54) is 13.8 Å². The molecule has 1 N–H and O–H groups in total. The monoisotopic (exact) mass is 430 g/mol. The summed E-state index contributed by atoms with van der Waals surface area (Å²) in [6, 6.07) is 6.41. The second-order valence-electron chi connectivity index (χ2n) is 6.94. The van der Waals surface area contributed by atoms with Crippen molar-refractivity contribution in [1.29, 1.82) is 0 Å². The van der Waals surface area contributed by atoms with E-state index in [-0.39, 0.29) is 5.69 Å². The summed E-state index contributed by atoms with van der Waals surface area (Å²) >= 11 is 5.77. The molecule has 0 radical (unpaired) electrons. The number of aromatic nitrogens is 2. The number of halogens is 4. The van der Waals surface area contributed by atoms with Crippen LogP contribution in [0.2, 0.25) is 5.02 Å². The minimum absolute atomic E-state index is 0.0858. The predicted molar refractivity (Wildman–Crippen MR) is 103 cm³/mol. The number of alkyl halides is 3. The molecule has 3 rings (SSSR count). The molecule has 0 saturated carbocycles. The molecule has 1 unspecified atom stereocenters. The van der Waals surface area contributed by atoms with Crippen LogP contribution in [0.15, 0.2) is 24.3 Å². The number of nitrogens with one attached hydrogen (secondary N) is 1. The Morgan fingerprint density at radius 1 is 1.34 bits per heavy atom. The third-order valence-corrected chi connectivity index (χ3v) is 5.25. The highest BCUT2D eigenvalue weighted by atomic mass is 35.5. The summed E-state index contributed by atoms with van der Waals surface area (Å²) in [7, 11) is 0. The van der Waals surface area contributed by atoms with Crippen LogP contribution in [0, 0.1) is 6.92 Å². The van der Waals surface area contributed by atoms with Crippen LogP contribution < -0.4 is 5.32 Å². The van der Waals surface area contributed by atoms with Gasteiger partial charge >= 0.3 is 6.18 Å². The minimum Gasteiger partial charge on any atom is -0.379 e. The number of morpholine rings is 1. The highest BCUT2D eigenvalue weighted by Gasteiger charge is 2.39. The molecular weight excluding hydrogens is 409 g/mol. The van der Waals surface area contributed by atoms with E-state index in [0.717, 1.165) is 29.9 Å². The van der Waals surface area contributed by atoms with Gasteiger partial charge in [0.2, 0.25) is 5.91 Å². The summed E-state index contributed by atoms with van der Waals surface area (Å²) in [5.41, 5.74) is 0.487. The molecule has 0 aliphatic carbocycles. The maximum Gasteiger partial charge on any atom is 0.436 e. The molecule has 29 heavy (non-hydrogen) atoms. The highest BCUT2D eigenvalue weighted by Crippen LogP contribution is 2.36. The van der Waals surface area contributed by atoms with Gasteiger partial charge in [0.25, 0.3) is 0 Å². The van der Waals surface area contributed by atoms with Gasteiger partial charge in [0, 0.05) is 25.3 Å². The summed E-state index contributed by atoms with van der Waals surface area (Å²) in [5.74, 6) is -0.482. The Kier molecular flexibility index (Phi) is 6.50. The quantitative estimate of drug-likeness (QED) is 0.781. The largest absolute Gasteiger partial charge is 0.436 e. The van der Waals surface area contributed by atoms with Crippen molar-refractivity contribution < 1.29 is 22.7 Å². The first-order valence-corrected chi connectivity index (χ1v) is 9.56. The first-order valence-electron chi connectivity index (χ1n) is 9.18. The van der Waals surface area contributed by atoms with Gasteiger partial charge in [-0.2, -0.15) is 18.3 Å². The van der Waals surface area contributed by atoms with Gasteiger partial charge in [-0.15, -0.1) is 0 Å². The standard InChI is InChI=1S/C19H22ClF3N4O2/c1-12-16(20)17(19(21,22)23)25-27(12)13(2)18(28)24-15-5-3-4-14(10-15)11-26-6-8-29-9-7-26/h3-5,10,13H,6-9,11H2,1-2H3,(H,24,28). The van der Waals surface area contributed by atoms with Gasteiger partial charge in [-0.1, -0.05) is 23.7 Å². The SMILES string of the molecule is Cc1c(Cl)c(C(F)(F)F)nn1C(C)C(=O)Nc1cccc(CN2CCOCC2)c1. The zero-order valence-electron chi connectivity index (χ0n) is 16.1. The second-order valence-corrected chi connectivity index (χ2v) is 7.32. The average molecular weight is 431 g/mol. The molecule has 1 amide bonds. The maximum atomic E-state index is 13.0. The topological polar surface area (TPSA) is 59.4 Å². The van der Waals surface area contributed by atoms with Gasteiger partial charge in [0.15, 0.2) is 5.69 Å². The Labute approximate surface area is 171 Å². The van der Waals surface area contributed by atoms with Crippen LogP contribution in [0.25, 0.3) is 0 Å². The van der Waals surface area contributed by atoms with E-state index < -0.39 is 28.8 Å². The van der Waals surface area contributed by atoms with Gasteiger partial charge in [0.05, 0.1) is 23.9 Å². The third-order valence-electron chi connectivity index (χ3n) is 4.80. The average Bonchev–Trinajstić information content (AvgIpc) is 2.97. The number of nitrogens with zero attached hydrogens (tertiary/aromatic N) is 3. The van der Waals surface area contributed by atoms with Crippen molar-refractivity contribution in [3.05, 3.63) is 46.2 Å². The molecule has 6 nitrogen and oxygen atoms in total. The number of benzene rings is 1. The second kappa shape index (κ2) is 8.73. The van der Waals surface area contributed by atoms with Gasteiger partial charge in [-0.25, -0.2) is 0 Å². The Morgan fingerprint density at radius 2 is 2.03 bits per heavy atom. The molecule has 1 fully saturated rings. The molecule has 2 heterocycles. The van der Waals surface area contributed by atoms with Gasteiger partial charge in [0.1, 0.15) is 6.04 Å². The number of anilines is 1. The van der Waals surface area contributed by atoms with Crippen LogP contribution in [0.4, 0.5) is 18.9 Å². The first kappa shape index (κ1) is 21.6. The Hall–Kier alpha value is -2.10. The van der Waals surface area contributed by atoms with E-state index >= 15 is 0 Å². The normalized spacial score (nSPS) is 16.6. The van der Waals surface area contributed by atoms with E-state index in [1.807, 2.05) is 18.2 Å². The molecule has 158 valence electrons. The summed E-state index contributed by atoms with van der Waals surface area (Å²) in [5, 5.41) is 5.77. The lowest BCUT2D eigenvalue weighted by molar-refractivity contribution is -0.141. The maximum absolute atomic E-state index is 13.0. The van der Waals surface area contributed by atoms with Crippen LogP contribution in [-0.4, -0.2) is 46.9 Å². The highest BCUT2D eigenvalue weighted by molar-refractivity contribution is 6.32. The van der Waals surface area contributed by atoms with Crippen LogP contribution in [0.5, 0.6) is 0 Å². The van der Waals surface area contributed by atoms with E-state index in [9.17, 15) is 18.0 Å². The van der Waals surface area contributed by atoms with Crippen molar-refractivity contribution in [3.63, 3.8) is 0 Å². The molecule has 2 aromatic rings. The van der Waals surface area contributed by atoms with Crippen molar-refractivity contribution in [3.8, 4) is 0 Å². The lowest BCUT2D eigenvalue weighted by Crippen LogP contribution is -2.35. The number of amides is 1. The zero-order chi connectivity index (χ0) is 21.2. The smallest absolute Gasteiger partial charge is 0.379 e. The lowest BCUT2D eigenvalue weighted by Gasteiger charge is -2.26. The Balaban J connectivity index is 1.71. The van der Waals surface area contributed by atoms with Crippen molar-refractivity contribution in [2.75, 3.05) is 31.6 Å². The van der Waals surface area contributed by atoms with E-state index in [1.54, 1.807) is 6.07 Å². The predicted octanol–water partition coefficient (Wildman–Crippen LogP) is 3.90. The molecule has 1 aliphatic rings. The number of carbonyl (C=O) groups excluding carboxylic acids is 1. The number of carbonyl (C=O) groups is 1. The van der Waals surface area contributed by atoms with Gasteiger partial charge in [-0.05, 0) is 31.5 Å². The van der Waals surface area contributed by atoms with Crippen molar-refractivity contribution in [1.82, 2.24) is 14.7 Å². The summed E-state index contributed by atoms with van der Waals surface area (Å²) in [6.45, 7) is 6.68. The molecule has 0 bridgehead atoms. The molecule has 1 atom stereocenters. The minimum atomic E-state index is -4.68. The molecular formula is C19H22ClF3N4O2. The zero-order valence-corrected chi connectivity index (χ0v) is 16.8. The fourth-order valence-corrected chi connectivity index (χ4v) is 3.41. The molecule has 1 aliphatic heterocycles. The number of rotatable bonds is 5. The fraction of sp³-hybridized carbons (Fsp3) is 0.474. The molecule has 1 saturated heterocycles. The van der Waals surface area contributed by atoms with E-state index in [0.29, 0.717) is 18.9 Å². The molecule has 10 heteroatoms. The lowest BCUT2D eigenvalue weighted by atomic mass is 10.1. The van der Waals surface area contributed by atoms with Crippen LogP contribution in [0.1, 0.15) is 29.9 Å². The molecule has 1 aromatic heterocycles. The summed E-state index contributed by atoms with van der Waals surface area (Å²) < 4.78 is 45.4. The van der Waals surface area contributed by atoms with Crippen molar-refractivity contribution in [2.24, 2.45) is 0 Å². The molecule has 1 aromatic carbocycles. The first-order chi connectivity index (χ1) is 13.7. The van der Waals surface area contributed by atoms with Crippen LogP contribution in [0.3, 0.4) is 0 Å². The number of ether oxygens (including phenoxy) is 1. The fourth-order valence-electron chi connectivity index (χ4n) is 3.18. The van der Waals surface area contributed by atoms with E-state index in [4.69, 9.17) is 16.3 Å². The van der Waals surface area contributed by atoms with E-state index in [2.05, 4.69) is 15.3 Å². The number of hydrogen-bond donors (Lipinski definition) is 1. The van der Waals surface area contributed by atoms with Crippen molar-refractivity contribution in [2.45, 2.75) is 32.6 Å². The Bertz CT molecular complexity index is 879. The van der Waals surface area contributed by atoms with Crippen LogP contribution in [-0.2, 0) is 22.3 Å².